The van der Waals surface area contributed by atoms with Crippen molar-refractivity contribution >= 4 is 5.78 Å². The Hall–Kier alpha value is -0.590. The molecule has 0 saturated heterocycles. The van der Waals surface area contributed by atoms with Gasteiger partial charge in [0, 0.05) is 11.8 Å². The molecule has 0 bridgehead atoms. The Morgan fingerprint density at radius 3 is 2.35 bits per heavy atom. The zero-order chi connectivity index (χ0) is 22.8. The largest absolute Gasteiger partial charge is 0.299 e. The van der Waals surface area contributed by atoms with E-state index in [0.717, 1.165) is 37.0 Å². The summed E-state index contributed by atoms with van der Waals surface area (Å²) >= 11 is 0. The van der Waals surface area contributed by atoms with E-state index in [0.29, 0.717) is 33.9 Å². The van der Waals surface area contributed by atoms with Crippen LogP contribution in [0, 0.1) is 51.2 Å². The summed E-state index contributed by atoms with van der Waals surface area (Å²) in [5.41, 5.74) is 2.80. The summed E-state index contributed by atoms with van der Waals surface area (Å²) < 4.78 is 0. The maximum Gasteiger partial charge on any atom is 0.138 e. The second kappa shape index (κ2) is 7.73. The fraction of sp³-hybridized carbons (Fsp3) is 0.900. The van der Waals surface area contributed by atoms with Crippen molar-refractivity contribution in [2.24, 2.45) is 51.2 Å². The fourth-order valence-electron chi connectivity index (χ4n) is 9.51. The van der Waals surface area contributed by atoms with Gasteiger partial charge < -0.3 is 0 Å². The fourth-order valence-corrected chi connectivity index (χ4v) is 9.51. The predicted molar refractivity (Wildman–Crippen MR) is 132 cm³/mol. The molecule has 7 atom stereocenters. The van der Waals surface area contributed by atoms with E-state index in [1.807, 2.05) is 5.57 Å². The molecule has 0 N–H and O–H groups in total. The van der Waals surface area contributed by atoms with Gasteiger partial charge in [-0.05, 0) is 84.4 Å². The average Bonchev–Trinajstić information content (AvgIpc) is 2.96. The second-order valence-corrected chi connectivity index (χ2v) is 13.9. The first-order chi connectivity index (χ1) is 14.4. The Morgan fingerprint density at radius 1 is 0.968 bits per heavy atom. The van der Waals surface area contributed by atoms with Crippen LogP contribution in [0.5, 0.6) is 0 Å². The lowest BCUT2D eigenvalue weighted by Gasteiger charge is -2.63. The summed E-state index contributed by atoms with van der Waals surface area (Å²) in [6.07, 6.45) is 15.4. The molecule has 3 fully saturated rings. The monoisotopic (exact) mass is 426 g/mol. The van der Waals surface area contributed by atoms with E-state index >= 15 is 0 Å². The highest BCUT2D eigenvalue weighted by Gasteiger charge is 2.65. The van der Waals surface area contributed by atoms with Crippen molar-refractivity contribution in [1.82, 2.24) is 0 Å². The summed E-state index contributed by atoms with van der Waals surface area (Å²) in [4.78, 5) is 12.8. The Balaban J connectivity index is 1.61. The van der Waals surface area contributed by atoms with Gasteiger partial charge in [-0.3, -0.25) is 4.79 Å². The van der Waals surface area contributed by atoms with Gasteiger partial charge in [0.25, 0.3) is 0 Å². The molecule has 3 saturated carbocycles. The highest BCUT2D eigenvalue weighted by atomic mass is 16.1. The van der Waals surface area contributed by atoms with Crippen LogP contribution in [0.25, 0.3) is 0 Å². The van der Waals surface area contributed by atoms with Crippen LogP contribution < -0.4 is 0 Å². The summed E-state index contributed by atoms with van der Waals surface area (Å²) in [5, 5.41) is 0. The molecular formula is C30H50O. The molecule has 4 aliphatic rings. The smallest absolute Gasteiger partial charge is 0.138 e. The number of ketones is 1. The minimum Gasteiger partial charge on any atom is -0.299 e. The molecule has 4 aliphatic carbocycles. The van der Waals surface area contributed by atoms with Crippen molar-refractivity contribution in [3.05, 3.63) is 11.6 Å². The number of carbonyl (C=O) groups excluding carboxylic acids is 1. The lowest BCUT2D eigenvalue weighted by molar-refractivity contribution is -0.146. The van der Waals surface area contributed by atoms with Crippen LogP contribution in [-0.2, 0) is 4.79 Å². The van der Waals surface area contributed by atoms with Crippen molar-refractivity contribution < 1.29 is 4.79 Å². The Morgan fingerprint density at radius 2 is 1.68 bits per heavy atom. The highest BCUT2D eigenvalue weighted by Crippen LogP contribution is 2.73. The third-order valence-electron chi connectivity index (χ3n) is 11.8. The highest BCUT2D eigenvalue weighted by molar-refractivity contribution is 5.85. The first kappa shape index (κ1) is 23.6. The number of Topliss-reactive ketones (excluding diaryl/α,β-unsaturated/α-hetero) is 1. The summed E-state index contributed by atoms with van der Waals surface area (Å²) in [7, 11) is 0. The SMILES string of the molecule is CC(C)CCC[C@@H](C)[C@H]1CC[C@@]2(C)C3=CCC4C(C)(C)C(=O)CC[C@]4(C)[C@H]3CC[C@]12C. The molecule has 0 aromatic heterocycles. The molecule has 0 amide bonds. The average molecular weight is 427 g/mol. The van der Waals surface area contributed by atoms with E-state index in [4.69, 9.17) is 0 Å². The predicted octanol–water partition coefficient (Wildman–Crippen LogP) is 8.62. The van der Waals surface area contributed by atoms with E-state index in [1.165, 1.54) is 44.9 Å². The summed E-state index contributed by atoms with van der Waals surface area (Å²) in [5.74, 6) is 4.29. The topological polar surface area (TPSA) is 17.1 Å². The molecule has 0 spiro atoms. The van der Waals surface area contributed by atoms with Gasteiger partial charge in [0.1, 0.15) is 5.78 Å². The number of carbonyl (C=O) groups is 1. The quantitative estimate of drug-likeness (QED) is 0.402. The number of rotatable bonds is 5. The Labute approximate surface area is 193 Å². The van der Waals surface area contributed by atoms with Gasteiger partial charge in [0.05, 0.1) is 0 Å². The molecule has 0 aromatic carbocycles. The van der Waals surface area contributed by atoms with Crippen molar-refractivity contribution in [2.75, 3.05) is 0 Å². The van der Waals surface area contributed by atoms with Crippen LogP contribution in [0.3, 0.4) is 0 Å². The van der Waals surface area contributed by atoms with Gasteiger partial charge in [-0.1, -0.05) is 86.3 Å². The minimum absolute atomic E-state index is 0.153. The van der Waals surface area contributed by atoms with Crippen molar-refractivity contribution in [3.8, 4) is 0 Å². The first-order valence-corrected chi connectivity index (χ1v) is 13.6. The van der Waals surface area contributed by atoms with Gasteiger partial charge in [0.2, 0.25) is 0 Å². The van der Waals surface area contributed by atoms with Gasteiger partial charge in [-0.25, -0.2) is 0 Å². The molecular weight excluding hydrogens is 376 g/mol. The van der Waals surface area contributed by atoms with Crippen LogP contribution in [-0.4, -0.2) is 5.78 Å². The number of fused-ring (bicyclic) bond motifs is 5. The molecule has 0 radical (unpaired) electrons. The molecule has 1 heteroatoms. The molecule has 31 heavy (non-hydrogen) atoms. The lowest BCUT2D eigenvalue weighted by Crippen LogP contribution is -2.57. The zero-order valence-electron chi connectivity index (χ0n) is 21.9. The molecule has 0 heterocycles. The molecule has 4 rings (SSSR count). The van der Waals surface area contributed by atoms with Crippen LogP contribution in [0.4, 0.5) is 0 Å². The molecule has 0 aromatic rings. The third kappa shape index (κ3) is 3.33. The summed E-state index contributed by atoms with van der Waals surface area (Å²) in [6.45, 7) is 19.7. The van der Waals surface area contributed by atoms with Gasteiger partial charge in [-0.15, -0.1) is 0 Å². The maximum absolute atomic E-state index is 12.8. The van der Waals surface area contributed by atoms with Crippen LogP contribution in [0.2, 0.25) is 0 Å². The van der Waals surface area contributed by atoms with E-state index in [2.05, 4.69) is 61.5 Å². The van der Waals surface area contributed by atoms with E-state index in [1.54, 1.807) is 0 Å². The Bertz CT molecular complexity index is 744. The minimum atomic E-state index is -0.153. The molecule has 0 aliphatic heterocycles. The lowest BCUT2D eigenvalue weighted by atomic mass is 9.41. The maximum atomic E-state index is 12.8. The normalized spacial score (nSPS) is 45.0. The van der Waals surface area contributed by atoms with Gasteiger partial charge in [-0.2, -0.15) is 0 Å². The summed E-state index contributed by atoms with van der Waals surface area (Å²) in [6, 6.07) is 0. The second-order valence-electron chi connectivity index (χ2n) is 13.9. The van der Waals surface area contributed by atoms with Crippen molar-refractivity contribution in [2.45, 2.75) is 120 Å². The van der Waals surface area contributed by atoms with Crippen molar-refractivity contribution in [1.29, 1.82) is 0 Å². The van der Waals surface area contributed by atoms with Crippen molar-refractivity contribution in [3.63, 3.8) is 0 Å². The zero-order valence-corrected chi connectivity index (χ0v) is 21.9. The molecule has 1 nitrogen and oxygen atoms in total. The molecule has 1 unspecified atom stereocenters. The number of allylic oxidation sites excluding steroid dienone is 2. The van der Waals surface area contributed by atoms with Crippen LogP contribution in [0.1, 0.15) is 120 Å². The van der Waals surface area contributed by atoms with Gasteiger partial charge >= 0.3 is 0 Å². The van der Waals surface area contributed by atoms with E-state index in [9.17, 15) is 4.79 Å². The Kier molecular flexibility index (Phi) is 5.88. The van der Waals surface area contributed by atoms with Gasteiger partial charge in [0.15, 0.2) is 0 Å². The first-order valence-electron chi connectivity index (χ1n) is 13.6. The number of hydrogen-bond donors (Lipinski definition) is 0. The standard InChI is InChI=1S/C30H50O/c1-20(2)10-9-11-21(3)22-14-18-30(8)24-12-13-25-27(4,5)26(31)16-17-28(25,6)23(24)15-19-29(22,30)7/h12,20-23,25H,9-11,13-19H2,1-8H3/t21-,22-,23+,25?,28-,29-,30+/m1/s1. The number of hydrogen-bond acceptors (Lipinski definition) is 1. The van der Waals surface area contributed by atoms with Crippen LogP contribution in [0.15, 0.2) is 11.6 Å². The van der Waals surface area contributed by atoms with Crippen LogP contribution >= 0.6 is 0 Å². The third-order valence-corrected chi connectivity index (χ3v) is 11.8. The van der Waals surface area contributed by atoms with E-state index < -0.39 is 0 Å². The van der Waals surface area contributed by atoms with E-state index in [-0.39, 0.29) is 5.41 Å². The molecule has 176 valence electrons.